The van der Waals surface area contributed by atoms with Crippen molar-refractivity contribution in [2.75, 3.05) is 13.2 Å². The third-order valence-corrected chi connectivity index (χ3v) is 8.94. The van der Waals surface area contributed by atoms with Crippen molar-refractivity contribution in [2.45, 2.75) is 123 Å². The molecule has 1 N–H and O–H groups in total. The van der Waals surface area contributed by atoms with Gasteiger partial charge in [0.25, 0.3) is 0 Å². The highest BCUT2D eigenvalue weighted by atomic mass is 16.7. The molecule has 0 aromatic heterocycles. The smallest absolute Gasteiger partial charge is 0.303 e. The Hall–Kier alpha value is -4.32. The molecule has 2 saturated carbocycles. The Morgan fingerprint density at radius 3 is 1.31 bits per heavy atom. The summed E-state index contributed by atoms with van der Waals surface area (Å²) in [5.41, 5.74) is -9.92. The van der Waals surface area contributed by atoms with Gasteiger partial charge in [0, 0.05) is 55.4 Å². The summed E-state index contributed by atoms with van der Waals surface area (Å²) >= 11 is 0. The van der Waals surface area contributed by atoms with Gasteiger partial charge in [-0.05, 0) is 13.8 Å². The molecule has 18 heteroatoms. The van der Waals surface area contributed by atoms with Crippen LogP contribution < -0.4 is 0 Å². The number of hydrogen-bond acceptors (Lipinski definition) is 18. The lowest BCUT2D eigenvalue weighted by Crippen LogP contribution is -2.89. The number of ether oxygens (including phenoxy) is 9. The van der Waals surface area contributed by atoms with Gasteiger partial charge in [0.05, 0.1) is 5.92 Å². The number of hydrogen-bond donors (Lipinski definition) is 1. The first-order chi connectivity index (χ1) is 22.5. The summed E-state index contributed by atoms with van der Waals surface area (Å²) in [6.45, 7) is 8.65. The zero-order chi connectivity index (χ0) is 37.4. The quantitative estimate of drug-likeness (QED) is 0.225. The Bertz CT molecular complexity index is 1400. The third kappa shape index (κ3) is 6.79. The fourth-order valence-corrected chi connectivity index (χ4v) is 7.76. The van der Waals surface area contributed by atoms with E-state index in [0.29, 0.717) is 0 Å². The van der Waals surface area contributed by atoms with Crippen LogP contribution >= 0.6 is 0 Å². The van der Waals surface area contributed by atoms with Crippen LogP contribution in [0, 0.1) is 11.3 Å². The predicted molar refractivity (Wildman–Crippen MR) is 155 cm³/mol. The summed E-state index contributed by atoms with van der Waals surface area (Å²) in [6, 6.07) is 0. The van der Waals surface area contributed by atoms with E-state index in [2.05, 4.69) is 0 Å². The number of carbonyl (C=O) groups is 8. The molecule has 49 heavy (non-hydrogen) atoms. The van der Waals surface area contributed by atoms with Gasteiger partial charge < -0.3 is 47.7 Å². The monoisotopic (exact) mass is 702 g/mol. The average Bonchev–Trinajstić information content (AvgIpc) is 3.14. The van der Waals surface area contributed by atoms with Crippen molar-refractivity contribution in [1.29, 1.82) is 0 Å². The van der Waals surface area contributed by atoms with Crippen LogP contribution in [-0.2, 0) is 81.0 Å². The van der Waals surface area contributed by atoms with Crippen molar-refractivity contribution in [3.05, 3.63) is 0 Å². The number of esters is 8. The van der Waals surface area contributed by atoms with Crippen LogP contribution in [0.1, 0.15) is 69.2 Å². The highest BCUT2D eigenvalue weighted by Gasteiger charge is 2.91. The highest BCUT2D eigenvalue weighted by molar-refractivity contribution is 5.71. The molecule has 0 amide bonds. The SMILES string of the molecule is CC(=O)OC[C@]12[C@H](OC(C)=O)[C@H](OC(C)=O)[C@@H]3[C@@H](OC(C)=O)[C@]1(O[C@@]3(C)COC(C)=O)[C@@](C)(O)[C@@H](OC(C)=O)[C@H](OC(C)=O)[C@@H]2OC(C)=O. The number of carbonyl (C=O) groups excluding carboxylic acids is 8. The summed E-state index contributed by atoms with van der Waals surface area (Å²) in [7, 11) is 0. The minimum atomic E-state index is -2.75. The lowest BCUT2D eigenvalue weighted by atomic mass is 9.45. The summed E-state index contributed by atoms with van der Waals surface area (Å²) in [5, 5.41) is 12.9. The van der Waals surface area contributed by atoms with Crippen molar-refractivity contribution in [1.82, 2.24) is 0 Å². The van der Waals surface area contributed by atoms with E-state index in [1.807, 2.05) is 0 Å². The van der Waals surface area contributed by atoms with Crippen molar-refractivity contribution < 1.29 is 86.1 Å². The number of aliphatic hydroxyl groups is 1. The molecule has 1 aliphatic heterocycles. The molecule has 18 nitrogen and oxygen atoms in total. The van der Waals surface area contributed by atoms with Gasteiger partial charge in [-0.25, -0.2) is 0 Å². The molecule has 3 fully saturated rings. The molecule has 2 aliphatic carbocycles. The van der Waals surface area contributed by atoms with E-state index in [1.54, 1.807) is 0 Å². The molecule has 0 radical (unpaired) electrons. The molecule has 1 spiro atoms. The van der Waals surface area contributed by atoms with Gasteiger partial charge in [0.15, 0.2) is 30.0 Å². The van der Waals surface area contributed by atoms with Gasteiger partial charge in [-0.15, -0.1) is 0 Å². The molecule has 11 atom stereocenters. The van der Waals surface area contributed by atoms with Gasteiger partial charge in [-0.2, -0.15) is 0 Å². The van der Waals surface area contributed by atoms with Crippen LogP contribution in [0.2, 0.25) is 0 Å². The van der Waals surface area contributed by atoms with Crippen LogP contribution in [0.15, 0.2) is 0 Å². The average molecular weight is 703 g/mol. The Labute approximate surface area is 281 Å². The maximum absolute atomic E-state index is 12.9. The normalized spacial score (nSPS) is 37.3. The van der Waals surface area contributed by atoms with Crippen LogP contribution in [0.25, 0.3) is 0 Å². The maximum atomic E-state index is 12.9. The lowest BCUT2D eigenvalue weighted by Gasteiger charge is -2.67. The van der Waals surface area contributed by atoms with E-state index in [-0.39, 0.29) is 0 Å². The molecule has 1 saturated heterocycles. The van der Waals surface area contributed by atoms with Gasteiger partial charge in [-0.3, -0.25) is 38.4 Å². The van der Waals surface area contributed by atoms with Crippen molar-refractivity contribution >= 4 is 47.8 Å². The van der Waals surface area contributed by atoms with Crippen molar-refractivity contribution in [2.24, 2.45) is 11.3 Å². The third-order valence-electron chi connectivity index (χ3n) is 8.94. The van der Waals surface area contributed by atoms with Crippen molar-refractivity contribution in [3.63, 3.8) is 0 Å². The van der Waals surface area contributed by atoms with Gasteiger partial charge in [0.2, 0.25) is 0 Å². The highest BCUT2D eigenvalue weighted by Crippen LogP contribution is 2.70. The Balaban J connectivity index is 2.72. The fraction of sp³-hybridized carbons (Fsp3) is 0.742. The zero-order valence-electron chi connectivity index (χ0n) is 28.8. The minimum absolute atomic E-state index is 0.666. The van der Waals surface area contributed by atoms with E-state index in [9.17, 15) is 43.5 Å². The summed E-state index contributed by atoms with van der Waals surface area (Å²) in [6.07, 6.45) is -11.6. The molecular formula is C31H42O18. The first-order valence-corrected chi connectivity index (χ1v) is 15.2. The van der Waals surface area contributed by atoms with E-state index in [4.69, 9.17) is 42.6 Å². The molecule has 0 aromatic carbocycles. The summed E-state index contributed by atoms with van der Waals surface area (Å²) < 4.78 is 52.1. The molecule has 3 aliphatic rings. The van der Waals surface area contributed by atoms with E-state index >= 15 is 0 Å². The van der Waals surface area contributed by atoms with E-state index in [0.717, 1.165) is 62.3 Å². The zero-order valence-corrected chi connectivity index (χ0v) is 28.8. The molecule has 0 aromatic rings. The fourth-order valence-electron chi connectivity index (χ4n) is 7.76. The second-order valence-electron chi connectivity index (χ2n) is 12.7. The van der Waals surface area contributed by atoms with Crippen LogP contribution in [0.3, 0.4) is 0 Å². The molecule has 3 rings (SSSR count). The lowest BCUT2D eigenvalue weighted by molar-refractivity contribution is -0.386. The largest absolute Gasteiger partial charge is 0.465 e. The Kier molecular flexibility index (Phi) is 11.1. The number of fused-ring (bicyclic) bond motifs is 1. The van der Waals surface area contributed by atoms with Crippen LogP contribution in [0.4, 0.5) is 0 Å². The summed E-state index contributed by atoms with van der Waals surface area (Å²) in [4.78, 5) is 101. The van der Waals surface area contributed by atoms with Gasteiger partial charge in [0.1, 0.15) is 42.0 Å². The van der Waals surface area contributed by atoms with Crippen LogP contribution in [-0.4, -0.2) is 120 Å². The Morgan fingerprint density at radius 2 is 0.878 bits per heavy atom. The summed E-state index contributed by atoms with van der Waals surface area (Å²) in [5.74, 6) is -9.38. The van der Waals surface area contributed by atoms with Crippen LogP contribution in [0.5, 0.6) is 0 Å². The Morgan fingerprint density at radius 1 is 0.510 bits per heavy atom. The molecule has 2 bridgehead atoms. The molecule has 274 valence electrons. The minimum Gasteiger partial charge on any atom is -0.465 e. The first kappa shape index (κ1) is 39.1. The topological polar surface area (TPSA) is 240 Å². The van der Waals surface area contributed by atoms with E-state index < -0.39 is 126 Å². The molecule has 1 heterocycles. The standard InChI is InChI=1S/C31H42O18/c1-13(32)41-11-28(9)21-22(43-15(3)34)26(47-19(7)38)30(12-42-14(2)33)27(48-20(8)39)23(44-16(4)35)25(46-18(6)37)29(10,40)31(30,49-28)24(21)45-17(5)36/h21-27,40H,11-12H2,1-10H3/t21-,22-,23+,24-,25+,26-,27+,28+,29+,30-,31+/m1/s1. The van der Waals surface area contributed by atoms with Crippen molar-refractivity contribution in [3.8, 4) is 0 Å². The second-order valence-corrected chi connectivity index (χ2v) is 12.7. The predicted octanol–water partition coefficient (Wildman–Crippen LogP) is -0.389. The molecular weight excluding hydrogens is 660 g/mol. The van der Waals surface area contributed by atoms with E-state index in [1.165, 1.54) is 6.92 Å². The maximum Gasteiger partial charge on any atom is 0.303 e. The van der Waals surface area contributed by atoms with Gasteiger partial charge >= 0.3 is 47.8 Å². The first-order valence-electron chi connectivity index (χ1n) is 15.2. The second kappa shape index (κ2) is 13.9. The van der Waals surface area contributed by atoms with Gasteiger partial charge in [-0.1, -0.05) is 0 Å². The molecule has 0 unspecified atom stereocenters. The number of rotatable bonds is 10.